The Hall–Kier alpha value is -2.94. The van der Waals surface area contributed by atoms with Crippen LogP contribution in [0.25, 0.3) is 0 Å². The molecule has 0 fully saturated rings. The van der Waals surface area contributed by atoms with Gasteiger partial charge in [0.05, 0.1) is 33.6 Å². The summed E-state index contributed by atoms with van der Waals surface area (Å²) in [5, 5.41) is 21.2. The van der Waals surface area contributed by atoms with Gasteiger partial charge in [0.25, 0.3) is 0 Å². The molecule has 0 aliphatic rings. The Morgan fingerprint density at radius 2 is 1.83 bits per heavy atom. The number of aliphatic imine (C=N–C) groups is 1. The molecule has 30 heavy (non-hydrogen) atoms. The van der Waals surface area contributed by atoms with Crippen LogP contribution in [0.4, 0.5) is 0 Å². The second-order valence-electron chi connectivity index (χ2n) is 7.05. The molecule has 2 rings (SSSR count). The first-order chi connectivity index (χ1) is 14.4. The van der Waals surface area contributed by atoms with Crippen molar-refractivity contribution in [1.29, 1.82) is 0 Å². The molecule has 0 spiro atoms. The summed E-state index contributed by atoms with van der Waals surface area (Å²) in [5.41, 5.74) is -0.364. The molecule has 1 aromatic carbocycles. The van der Waals surface area contributed by atoms with E-state index in [1.807, 2.05) is 26.1 Å². The summed E-state index contributed by atoms with van der Waals surface area (Å²) in [6.07, 6.45) is 4.21. The van der Waals surface area contributed by atoms with Crippen molar-refractivity contribution in [2.45, 2.75) is 25.9 Å². The molecule has 9 heteroatoms. The fourth-order valence-electron chi connectivity index (χ4n) is 2.70. The minimum absolute atomic E-state index is 0.216. The van der Waals surface area contributed by atoms with Gasteiger partial charge in [0.2, 0.25) is 0 Å². The van der Waals surface area contributed by atoms with Gasteiger partial charge in [-0.15, -0.1) is 0 Å². The van der Waals surface area contributed by atoms with E-state index >= 15 is 0 Å². The molecule has 0 radical (unpaired) electrons. The van der Waals surface area contributed by atoms with Crippen LogP contribution < -0.4 is 24.8 Å². The molecule has 2 aromatic rings. The molecule has 1 atom stereocenters. The average molecular weight is 420 g/mol. The van der Waals surface area contributed by atoms with Crippen LogP contribution in [0.2, 0.25) is 0 Å². The van der Waals surface area contributed by atoms with E-state index < -0.39 is 5.60 Å². The van der Waals surface area contributed by atoms with Crippen molar-refractivity contribution in [3.8, 4) is 17.2 Å². The van der Waals surface area contributed by atoms with Crippen LogP contribution in [0.5, 0.6) is 17.2 Å². The number of nitrogens with one attached hydrogen (secondary N) is 2. The van der Waals surface area contributed by atoms with Gasteiger partial charge in [-0.25, -0.2) is 4.99 Å². The molecule has 0 aliphatic carbocycles. The summed E-state index contributed by atoms with van der Waals surface area (Å²) in [6.45, 7) is 5.86. The predicted molar refractivity (Wildman–Crippen MR) is 116 cm³/mol. The smallest absolute Gasteiger partial charge is 0.191 e. The van der Waals surface area contributed by atoms with Crippen molar-refractivity contribution in [2.75, 3.05) is 40.5 Å². The Kier molecular flexibility index (Phi) is 8.79. The van der Waals surface area contributed by atoms with E-state index in [1.165, 1.54) is 0 Å². The Bertz CT molecular complexity index is 797. The van der Waals surface area contributed by atoms with E-state index in [0.29, 0.717) is 36.4 Å². The third-order valence-electron chi connectivity index (χ3n) is 4.42. The minimum atomic E-state index is -1.09. The summed E-state index contributed by atoms with van der Waals surface area (Å²) < 4.78 is 18.0. The normalized spacial score (nSPS) is 13.5. The molecule has 3 N–H and O–H groups in total. The third kappa shape index (κ3) is 7.14. The number of ether oxygens (including phenoxy) is 3. The maximum Gasteiger partial charge on any atom is 0.191 e. The zero-order valence-corrected chi connectivity index (χ0v) is 18.4. The van der Waals surface area contributed by atoms with Crippen molar-refractivity contribution in [1.82, 2.24) is 20.4 Å². The molecule has 1 unspecified atom stereocenters. The average Bonchev–Trinajstić information content (AvgIpc) is 3.18. The Morgan fingerprint density at radius 1 is 1.17 bits per heavy atom. The van der Waals surface area contributed by atoms with Crippen LogP contribution in [0.15, 0.2) is 35.6 Å². The molecule has 0 aliphatic heterocycles. The lowest BCUT2D eigenvalue weighted by molar-refractivity contribution is 0.0672. The highest BCUT2D eigenvalue weighted by atomic mass is 16.5. The fourth-order valence-corrected chi connectivity index (χ4v) is 2.70. The maximum atomic E-state index is 10.7. The Morgan fingerprint density at radius 3 is 2.40 bits per heavy atom. The van der Waals surface area contributed by atoms with Gasteiger partial charge in [-0.2, -0.15) is 5.10 Å². The summed E-state index contributed by atoms with van der Waals surface area (Å²) in [5.74, 6) is 2.71. The van der Waals surface area contributed by atoms with Crippen LogP contribution >= 0.6 is 0 Å². The van der Waals surface area contributed by atoms with Gasteiger partial charge in [0.15, 0.2) is 5.96 Å². The van der Waals surface area contributed by atoms with Gasteiger partial charge in [-0.1, -0.05) is 0 Å². The number of hydrogen-bond donors (Lipinski definition) is 3. The highest BCUT2D eigenvalue weighted by Gasteiger charge is 2.24. The predicted octanol–water partition coefficient (Wildman–Crippen LogP) is 1.67. The second kappa shape index (κ2) is 11.3. The number of aliphatic hydroxyl groups is 1. The highest BCUT2D eigenvalue weighted by molar-refractivity contribution is 5.79. The highest BCUT2D eigenvalue weighted by Crippen LogP contribution is 2.27. The number of aryl methyl sites for hydroxylation is 1. The van der Waals surface area contributed by atoms with Crippen LogP contribution in [0.1, 0.15) is 25.8 Å². The number of nitrogens with zero attached hydrogens (tertiary/aromatic N) is 3. The molecule has 1 heterocycles. The minimum Gasteiger partial charge on any atom is -0.496 e. The van der Waals surface area contributed by atoms with Gasteiger partial charge < -0.3 is 30.0 Å². The number of benzene rings is 1. The summed E-state index contributed by atoms with van der Waals surface area (Å²) >= 11 is 0. The number of aromatic nitrogens is 2. The summed E-state index contributed by atoms with van der Waals surface area (Å²) in [6, 6.07) is 5.44. The van der Waals surface area contributed by atoms with E-state index in [4.69, 9.17) is 14.2 Å². The van der Waals surface area contributed by atoms with Crippen LogP contribution in [-0.4, -0.2) is 61.3 Å². The fraction of sp³-hybridized carbons (Fsp3) is 0.524. The molecular weight excluding hydrogens is 386 g/mol. The molecule has 0 saturated heterocycles. The van der Waals surface area contributed by atoms with Crippen LogP contribution in [-0.2, 0) is 12.6 Å². The van der Waals surface area contributed by atoms with Gasteiger partial charge >= 0.3 is 0 Å². The third-order valence-corrected chi connectivity index (χ3v) is 4.42. The first-order valence-corrected chi connectivity index (χ1v) is 9.97. The zero-order chi connectivity index (χ0) is 22.0. The van der Waals surface area contributed by atoms with Gasteiger partial charge in [-0.3, -0.25) is 4.68 Å². The SMILES string of the molecule is CCNC(=NCC(C)(O)c1cnn(C)c1)NCCCOc1cc(OC)cc(OC)c1. The molecule has 0 bridgehead atoms. The number of rotatable bonds is 11. The van der Waals surface area contributed by atoms with Crippen molar-refractivity contribution < 1.29 is 19.3 Å². The van der Waals surface area contributed by atoms with E-state index in [1.54, 1.807) is 44.3 Å². The monoisotopic (exact) mass is 419 g/mol. The van der Waals surface area contributed by atoms with Crippen molar-refractivity contribution in [3.63, 3.8) is 0 Å². The van der Waals surface area contributed by atoms with Gasteiger partial charge in [0.1, 0.15) is 22.8 Å². The molecule has 1 aromatic heterocycles. The molecule has 166 valence electrons. The van der Waals surface area contributed by atoms with Crippen LogP contribution in [0, 0.1) is 0 Å². The Labute approximate surface area is 178 Å². The van der Waals surface area contributed by atoms with Gasteiger partial charge in [-0.05, 0) is 20.3 Å². The lowest BCUT2D eigenvalue weighted by Crippen LogP contribution is -2.39. The number of hydrogen-bond acceptors (Lipinski definition) is 6. The first kappa shape index (κ1) is 23.3. The molecule has 0 saturated carbocycles. The number of methoxy groups -OCH3 is 2. The second-order valence-corrected chi connectivity index (χ2v) is 7.05. The summed E-state index contributed by atoms with van der Waals surface area (Å²) in [7, 11) is 5.03. The van der Waals surface area contributed by atoms with Crippen molar-refractivity contribution >= 4 is 5.96 Å². The van der Waals surface area contributed by atoms with Crippen LogP contribution in [0.3, 0.4) is 0 Å². The largest absolute Gasteiger partial charge is 0.496 e. The lowest BCUT2D eigenvalue weighted by Gasteiger charge is -2.20. The van der Waals surface area contributed by atoms with E-state index in [-0.39, 0.29) is 6.54 Å². The van der Waals surface area contributed by atoms with E-state index in [9.17, 15) is 5.11 Å². The quantitative estimate of drug-likeness (QED) is 0.289. The summed E-state index contributed by atoms with van der Waals surface area (Å²) in [4.78, 5) is 4.51. The molecular formula is C21H33N5O4. The first-order valence-electron chi connectivity index (χ1n) is 9.97. The van der Waals surface area contributed by atoms with Crippen molar-refractivity contribution in [3.05, 3.63) is 36.2 Å². The van der Waals surface area contributed by atoms with E-state index in [2.05, 4.69) is 20.7 Å². The lowest BCUT2D eigenvalue weighted by atomic mass is 10.0. The zero-order valence-electron chi connectivity index (χ0n) is 18.4. The standard InChI is InChI=1S/C21H33N5O4/c1-6-22-20(24-15-21(2,27)16-13-25-26(3)14-16)23-8-7-9-30-19-11-17(28-4)10-18(12-19)29-5/h10-14,27H,6-9,15H2,1-5H3,(H2,22,23,24). The number of guanidine groups is 1. The molecule has 9 nitrogen and oxygen atoms in total. The molecule has 0 amide bonds. The van der Waals surface area contributed by atoms with E-state index in [0.717, 1.165) is 18.5 Å². The van der Waals surface area contributed by atoms with Gasteiger partial charge in [0, 0.05) is 50.1 Å². The maximum absolute atomic E-state index is 10.7. The van der Waals surface area contributed by atoms with Crippen molar-refractivity contribution in [2.24, 2.45) is 12.0 Å². The Balaban J connectivity index is 1.82. The topological polar surface area (TPSA) is 102 Å².